The van der Waals surface area contributed by atoms with Crippen molar-refractivity contribution >= 4 is 18.0 Å². The van der Waals surface area contributed by atoms with Gasteiger partial charge in [-0.2, -0.15) is 20.5 Å². The fourth-order valence-electron chi connectivity index (χ4n) is 0.312. The van der Waals surface area contributed by atoms with Gasteiger partial charge in [0.2, 0.25) is 0 Å². The highest BCUT2D eigenvalue weighted by atomic mass is 32.2. The lowest BCUT2D eigenvalue weighted by Gasteiger charge is -2.09. The summed E-state index contributed by atoms with van der Waals surface area (Å²) in [5.74, 6) is -3.55. The summed E-state index contributed by atoms with van der Waals surface area (Å²) in [6, 6.07) is 0. The van der Waals surface area contributed by atoms with E-state index in [0.29, 0.717) is 0 Å². The van der Waals surface area contributed by atoms with Crippen molar-refractivity contribution in [2.24, 2.45) is 0 Å². The van der Waals surface area contributed by atoms with Gasteiger partial charge in [-0.25, -0.2) is 0 Å². The molecule has 0 unspecified atom stereocenters. The molecule has 1 nitrogen and oxygen atoms in total. The number of carbonyl (C=O) groups excluding carboxylic acids is 1. The number of alkyl halides is 2. The Kier molecular flexibility index (Phi) is 3.86. The molecule has 0 aromatic rings. The first-order valence-corrected chi connectivity index (χ1v) is 3.98. The Morgan fingerprint density at radius 2 is 2.10 bits per heavy atom. The second-order valence-electron chi connectivity index (χ2n) is 2.24. The van der Waals surface area contributed by atoms with Crippen LogP contribution in [0.2, 0.25) is 0 Å². The second-order valence-corrected chi connectivity index (χ2v) is 3.80. The number of aldehydes is 1. The zero-order chi connectivity index (χ0) is 8.20. The van der Waals surface area contributed by atoms with Crippen molar-refractivity contribution in [2.45, 2.75) is 25.0 Å². The fourth-order valence-corrected chi connectivity index (χ4v) is 0.935. The molecular weight excluding hydrogens is 158 g/mol. The molecular formula is C6H10F2OS. The molecule has 0 saturated carbocycles. The van der Waals surface area contributed by atoms with Crippen LogP contribution < -0.4 is 0 Å². The smallest absolute Gasteiger partial charge is 0.297 e. The van der Waals surface area contributed by atoms with Crippen molar-refractivity contribution in [3.63, 3.8) is 0 Å². The number of hydrogen-bond acceptors (Lipinski definition) is 2. The lowest BCUT2D eigenvalue weighted by Crippen LogP contribution is -2.21. The van der Waals surface area contributed by atoms with Crippen LogP contribution in [0.3, 0.4) is 0 Å². The van der Waals surface area contributed by atoms with E-state index in [-0.39, 0.29) is 11.5 Å². The normalized spacial score (nSPS) is 12.1. The molecule has 10 heavy (non-hydrogen) atoms. The summed E-state index contributed by atoms with van der Waals surface area (Å²) in [7, 11) is 0. The number of hydrogen-bond donors (Lipinski definition) is 0. The van der Waals surface area contributed by atoms with Crippen molar-refractivity contribution in [1.82, 2.24) is 0 Å². The van der Waals surface area contributed by atoms with Crippen LogP contribution in [0.5, 0.6) is 0 Å². The Labute approximate surface area is 63.2 Å². The minimum atomic E-state index is -3.14. The molecule has 0 N–H and O–H groups in total. The summed E-state index contributed by atoms with van der Waals surface area (Å²) in [6.45, 7) is 3.62. The van der Waals surface area contributed by atoms with Gasteiger partial charge >= 0.3 is 5.92 Å². The number of carbonyl (C=O) groups is 1. The van der Waals surface area contributed by atoms with Crippen LogP contribution in [0.1, 0.15) is 13.8 Å². The van der Waals surface area contributed by atoms with Gasteiger partial charge in [-0.1, -0.05) is 13.8 Å². The largest absolute Gasteiger partial charge is 0.311 e. The third kappa shape index (κ3) is 4.73. The molecule has 0 aromatic heterocycles. The van der Waals surface area contributed by atoms with E-state index in [1.165, 1.54) is 0 Å². The average molecular weight is 168 g/mol. The summed E-state index contributed by atoms with van der Waals surface area (Å²) in [5.41, 5.74) is 0. The quantitative estimate of drug-likeness (QED) is 0.597. The Morgan fingerprint density at radius 3 is 2.40 bits per heavy atom. The zero-order valence-electron chi connectivity index (χ0n) is 5.93. The summed E-state index contributed by atoms with van der Waals surface area (Å²) in [6.07, 6.45) is -0.303. The van der Waals surface area contributed by atoms with Crippen LogP contribution in [0.15, 0.2) is 0 Å². The molecule has 0 radical (unpaired) electrons. The molecule has 0 rings (SSSR count). The van der Waals surface area contributed by atoms with E-state index in [1.54, 1.807) is 0 Å². The van der Waals surface area contributed by atoms with E-state index in [4.69, 9.17) is 0 Å². The van der Waals surface area contributed by atoms with E-state index in [1.807, 2.05) is 13.8 Å². The maximum absolute atomic E-state index is 12.1. The fraction of sp³-hybridized carbons (Fsp3) is 0.833. The van der Waals surface area contributed by atoms with Gasteiger partial charge in [-0.05, 0) is 5.25 Å². The maximum Gasteiger partial charge on any atom is 0.311 e. The summed E-state index contributed by atoms with van der Waals surface area (Å²) in [4.78, 5) is 9.68. The lowest BCUT2D eigenvalue weighted by atomic mass is 10.4. The van der Waals surface area contributed by atoms with E-state index in [0.717, 1.165) is 11.8 Å². The first-order chi connectivity index (χ1) is 4.48. The third-order valence-electron chi connectivity index (χ3n) is 0.782. The Morgan fingerprint density at radius 1 is 1.60 bits per heavy atom. The molecule has 0 aliphatic carbocycles. The molecule has 0 heterocycles. The van der Waals surface area contributed by atoms with E-state index in [2.05, 4.69) is 0 Å². The highest BCUT2D eigenvalue weighted by Crippen LogP contribution is 2.20. The first-order valence-electron chi connectivity index (χ1n) is 2.93. The van der Waals surface area contributed by atoms with Crippen molar-refractivity contribution in [2.75, 3.05) is 5.75 Å². The Hall–Kier alpha value is -0.120. The van der Waals surface area contributed by atoms with E-state index < -0.39 is 11.7 Å². The predicted molar refractivity (Wildman–Crippen MR) is 38.6 cm³/mol. The number of halogens is 2. The second kappa shape index (κ2) is 3.91. The molecule has 0 saturated heterocycles. The SMILES string of the molecule is CC(C)SCC(F)(F)C=O. The van der Waals surface area contributed by atoms with Crippen molar-refractivity contribution in [1.29, 1.82) is 0 Å². The minimum Gasteiger partial charge on any atom is -0.297 e. The van der Waals surface area contributed by atoms with Gasteiger partial charge in [-0.3, -0.25) is 4.79 Å². The van der Waals surface area contributed by atoms with Crippen LogP contribution in [0, 0.1) is 0 Å². The van der Waals surface area contributed by atoms with E-state index in [9.17, 15) is 13.6 Å². The van der Waals surface area contributed by atoms with Crippen LogP contribution in [-0.2, 0) is 4.79 Å². The lowest BCUT2D eigenvalue weighted by molar-refractivity contribution is -0.126. The minimum absolute atomic E-state index is 0.144. The highest BCUT2D eigenvalue weighted by Gasteiger charge is 2.27. The molecule has 0 spiro atoms. The molecule has 0 aliphatic rings. The maximum atomic E-state index is 12.1. The zero-order valence-corrected chi connectivity index (χ0v) is 6.75. The molecule has 0 atom stereocenters. The first kappa shape index (κ1) is 9.88. The third-order valence-corrected chi connectivity index (χ3v) is 2.00. The van der Waals surface area contributed by atoms with Crippen LogP contribution in [-0.4, -0.2) is 23.2 Å². The average Bonchev–Trinajstić information content (AvgIpc) is 1.85. The summed E-state index contributed by atoms with van der Waals surface area (Å²) in [5, 5.41) is 0.144. The predicted octanol–water partition coefficient (Wildman–Crippen LogP) is 1.96. The van der Waals surface area contributed by atoms with Crippen molar-refractivity contribution in [3.8, 4) is 0 Å². The van der Waals surface area contributed by atoms with Gasteiger partial charge in [0.25, 0.3) is 0 Å². The Balaban J connectivity index is 3.56. The van der Waals surface area contributed by atoms with Crippen LogP contribution in [0.25, 0.3) is 0 Å². The van der Waals surface area contributed by atoms with Crippen LogP contribution >= 0.6 is 11.8 Å². The summed E-state index contributed by atoms with van der Waals surface area (Å²) >= 11 is 1.08. The number of rotatable bonds is 4. The Bertz CT molecular complexity index is 114. The monoisotopic (exact) mass is 168 g/mol. The molecule has 0 bridgehead atoms. The molecule has 60 valence electrons. The standard InChI is InChI=1S/C6H10F2OS/c1-5(2)10-4-6(7,8)3-9/h3,5H,4H2,1-2H3. The number of thioether (sulfide) groups is 1. The van der Waals surface area contributed by atoms with Gasteiger partial charge in [0.15, 0.2) is 6.29 Å². The highest BCUT2D eigenvalue weighted by molar-refractivity contribution is 7.99. The van der Waals surface area contributed by atoms with Gasteiger partial charge < -0.3 is 0 Å². The van der Waals surface area contributed by atoms with Gasteiger partial charge in [0.05, 0.1) is 5.75 Å². The van der Waals surface area contributed by atoms with Gasteiger partial charge in [-0.15, -0.1) is 0 Å². The molecule has 0 aromatic carbocycles. The molecule has 4 heteroatoms. The molecule has 0 aliphatic heterocycles. The summed E-state index contributed by atoms with van der Waals surface area (Å²) < 4.78 is 24.2. The van der Waals surface area contributed by atoms with Crippen LogP contribution in [0.4, 0.5) is 8.78 Å². The van der Waals surface area contributed by atoms with Gasteiger partial charge in [0, 0.05) is 0 Å². The van der Waals surface area contributed by atoms with E-state index >= 15 is 0 Å². The topological polar surface area (TPSA) is 17.1 Å². The molecule has 0 fully saturated rings. The van der Waals surface area contributed by atoms with Crippen molar-refractivity contribution in [3.05, 3.63) is 0 Å². The van der Waals surface area contributed by atoms with Crippen molar-refractivity contribution < 1.29 is 13.6 Å². The molecule has 0 amide bonds. The van der Waals surface area contributed by atoms with Gasteiger partial charge in [0.1, 0.15) is 0 Å².